The van der Waals surface area contributed by atoms with Gasteiger partial charge in [-0.25, -0.2) is 4.39 Å². The van der Waals surface area contributed by atoms with Gasteiger partial charge in [0.15, 0.2) is 0 Å². The Balaban J connectivity index is 1.70. The summed E-state index contributed by atoms with van der Waals surface area (Å²) in [7, 11) is 0. The number of nitrogens with one attached hydrogen (secondary N) is 2. The Kier molecular flexibility index (Phi) is 6.33. The number of anilines is 1. The first-order chi connectivity index (χ1) is 13.8. The highest BCUT2D eigenvalue weighted by molar-refractivity contribution is 7.18. The molecule has 0 aliphatic carbocycles. The SMILES string of the molecule is Cc1cccc(-c2nnc(NC(=O)[C@H](NC(=O)c3ccc(F)cc3)C(C)C)s2)c1. The number of carbonyl (C=O) groups is 2. The fourth-order valence-electron chi connectivity index (χ4n) is 2.71. The van der Waals surface area contributed by atoms with Crippen molar-refractivity contribution < 1.29 is 14.0 Å². The van der Waals surface area contributed by atoms with E-state index in [-0.39, 0.29) is 17.4 Å². The maximum atomic E-state index is 13.1. The van der Waals surface area contributed by atoms with Crippen LogP contribution in [0.2, 0.25) is 0 Å². The highest BCUT2D eigenvalue weighted by atomic mass is 32.1. The fraction of sp³-hybridized carbons (Fsp3) is 0.238. The fourth-order valence-corrected chi connectivity index (χ4v) is 3.46. The molecule has 3 rings (SSSR count). The highest BCUT2D eigenvalue weighted by Gasteiger charge is 2.26. The van der Waals surface area contributed by atoms with Gasteiger partial charge < -0.3 is 5.32 Å². The molecule has 1 aromatic heterocycles. The van der Waals surface area contributed by atoms with Gasteiger partial charge in [0.2, 0.25) is 11.0 Å². The first-order valence-corrected chi connectivity index (χ1v) is 9.93. The molecule has 2 aromatic carbocycles. The summed E-state index contributed by atoms with van der Waals surface area (Å²) in [6.45, 7) is 5.64. The molecule has 0 aliphatic rings. The Labute approximate surface area is 172 Å². The minimum atomic E-state index is -0.779. The third-order valence-electron chi connectivity index (χ3n) is 4.26. The van der Waals surface area contributed by atoms with Crippen LogP contribution in [0, 0.1) is 18.7 Å². The summed E-state index contributed by atoms with van der Waals surface area (Å²) in [6, 6.07) is 12.2. The number of hydrogen-bond donors (Lipinski definition) is 2. The molecule has 29 heavy (non-hydrogen) atoms. The van der Waals surface area contributed by atoms with E-state index in [0.717, 1.165) is 11.1 Å². The van der Waals surface area contributed by atoms with Gasteiger partial charge in [0, 0.05) is 11.1 Å². The molecule has 0 bridgehead atoms. The number of halogens is 1. The molecule has 0 spiro atoms. The molecule has 150 valence electrons. The van der Waals surface area contributed by atoms with E-state index in [1.54, 1.807) is 0 Å². The molecule has 0 radical (unpaired) electrons. The van der Waals surface area contributed by atoms with Gasteiger partial charge in [0.1, 0.15) is 16.9 Å². The summed E-state index contributed by atoms with van der Waals surface area (Å²) in [5.74, 6) is -1.43. The molecule has 6 nitrogen and oxygen atoms in total. The van der Waals surface area contributed by atoms with Gasteiger partial charge in [-0.05, 0) is 43.2 Å². The topological polar surface area (TPSA) is 84.0 Å². The zero-order valence-electron chi connectivity index (χ0n) is 16.3. The smallest absolute Gasteiger partial charge is 0.251 e. The van der Waals surface area contributed by atoms with Gasteiger partial charge in [-0.1, -0.05) is 48.9 Å². The summed E-state index contributed by atoms with van der Waals surface area (Å²) < 4.78 is 13.1. The molecule has 2 amide bonds. The second kappa shape index (κ2) is 8.91. The third-order valence-corrected chi connectivity index (χ3v) is 5.15. The van der Waals surface area contributed by atoms with E-state index in [1.165, 1.54) is 35.6 Å². The molecule has 0 saturated heterocycles. The molecule has 8 heteroatoms. The first kappa shape index (κ1) is 20.6. The van der Waals surface area contributed by atoms with Gasteiger partial charge in [-0.2, -0.15) is 0 Å². The Hall–Kier alpha value is -3.13. The second-order valence-corrected chi connectivity index (χ2v) is 7.95. The number of benzene rings is 2. The largest absolute Gasteiger partial charge is 0.340 e. The quantitative estimate of drug-likeness (QED) is 0.640. The van der Waals surface area contributed by atoms with Crippen LogP contribution in [0.4, 0.5) is 9.52 Å². The van der Waals surface area contributed by atoms with Crippen molar-refractivity contribution in [2.75, 3.05) is 5.32 Å². The minimum Gasteiger partial charge on any atom is -0.340 e. The predicted molar refractivity (Wildman–Crippen MR) is 111 cm³/mol. The Morgan fingerprint density at radius 1 is 1.07 bits per heavy atom. The van der Waals surface area contributed by atoms with Crippen molar-refractivity contribution in [1.82, 2.24) is 15.5 Å². The number of aromatic nitrogens is 2. The molecular weight excluding hydrogens is 391 g/mol. The van der Waals surface area contributed by atoms with Crippen LogP contribution in [-0.4, -0.2) is 28.1 Å². The van der Waals surface area contributed by atoms with Gasteiger partial charge in [0.05, 0.1) is 0 Å². The Morgan fingerprint density at radius 2 is 1.79 bits per heavy atom. The average molecular weight is 412 g/mol. The Morgan fingerprint density at radius 3 is 2.45 bits per heavy atom. The number of hydrogen-bond acceptors (Lipinski definition) is 5. The molecular formula is C21H21FN4O2S. The monoisotopic (exact) mass is 412 g/mol. The first-order valence-electron chi connectivity index (χ1n) is 9.11. The maximum Gasteiger partial charge on any atom is 0.251 e. The average Bonchev–Trinajstić information content (AvgIpc) is 3.14. The van der Waals surface area contributed by atoms with Gasteiger partial charge in [-0.3, -0.25) is 14.9 Å². The van der Waals surface area contributed by atoms with Crippen LogP contribution in [0.15, 0.2) is 48.5 Å². The van der Waals surface area contributed by atoms with Crippen molar-refractivity contribution >= 4 is 28.3 Å². The van der Waals surface area contributed by atoms with Crippen LogP contribution in [0.3, 0.4) is 0 Å². The van der Waals surface area contributed by atoms with Crippen molar-refractivity contribution in [3.05, 3.63) is 65.5 Å². The number of aryl methyl sites for hydroxylation is 1. The lowest BCUT2D eigenvalue weighted by atomic mass is 10.0. The van der Waals surface area contributed by atoms with Gasteiger partial charge in [-0.15, -0.1) is 10.2 Å². The zero-order valence-corrected chi connectivity index (χ0v) is 17.1. The lowest BCUT2D eigenvalue weighted by molar-refractivity contribution is -0.118. The highest BCUT2D eigenvalue weighted by Crippen LogP contribution is 2.27. The number of nitrogens with zero attached hydrogens (tertiary/aromatic N) is 2. The number of amides is 2. The molecule has 3 aromatic rings. The van der Waals surface area contributed by atoms with Crippen LogP contribution < -0.4 is 10.6 Å². The summed E-state index contributed by atoms with van der Waals surface area (Å²) in [6.07, 6.45) is 0. The zero-order chi connectivity index (χ0) is 21.0. The minimum absolute atomic E-state index is 0.163. The Bertz CT molecular complexity index is 1020. The molecule has 1 heterocycles. The molecule has 1 atom stereocenters. The molecule has 0 fully saturated rings. The van der Waals surface area contributed by atoms with Crippen molar-refractivity contribution in [1.29, 1.82) is 0 Å². The van der Waals surface area contributed by atoms with Crippen molar-refractivity contribution in [2.45, 2.75) is 26.8 Å². The standard InChI is InChI=1S/C21H21FN4O2S/c1-12(2)17(23-18(27)14-7-9-16(22)10-8-14)19(28)24-21-26-25-20(29-21)15-6-4-5-13(3)11-15/h4-12,17H,1-3H3,(H,23,27)(H,24,26,28)/t17-/m1/s1. The molecule has 0 unspecified atom stereocenters. The van der Waals surface area contributed by atoms with E-state index in [1.807, 2.05) is 45.0 Å². The number of carbonyl (C=O) groups excluding carboxylic acids is 2. The van der Waals surface area contributed by atoms with E-state index < -0.39 is 17.8 Å². The van der Waals surface area contributed by atoms with Gasteiger partial charge >= 0.3 is 0 Å². The van der Waals surface area contributed by atoms with E-state index >= 15 is 0 Å². The normalized spacial score (nSPS) is 11.9. The molecule has 0 aliphatic heterocycles. The van der Waals surface area contributed by atoms with E-state index in [9.17, 15) is 14.0 Å². The summed E-state index contributed by atoms with van der Waals surface area (Å²) in [5, 5.41) is 14.6. The van der Waals surface area contributed by atoms with E-state index in [4.69, 9.17) is 0 Å². The summed E-state index contributed by atoms with van der Waals surface area (Å²) in [5.41, 5.74) is 2.31. The van der Waals surface area contributed by atoms with Crippen molar-refractivity contribution in [3.63, 3.8) is 0 Å². The third kappa shape index (κ3) is 5.23. The maximum absolute atomic E-state index is 13.1. The van der Waals surface area contributed by atoms with E-state index in [2.05, 4.69) is 20.8 Å². The second-order valence-electron chi connectivity index (χ2n) is 6.97. The lowest BCUT2D eigenvalue weighted by Crippen LogP contribution is -2.47. The van der Waals surface area contributed by atoms with Crippen LogP contribution >= 0.6 is 11.3 Å². The molecule has 0 saturated carbocycles. The predicted octanol–water partition coefficient (Wildman–Crippen LogP) is 4.05. The van der Waals surface area contributed by atoms with Crippen LogP contribution in [0.25, 0.3) is 10.6 Å². The lowest BCUT2D eigenvalue weighted by Gasteiger charge is -2.21. The van der Waals surface area contributed by atoms with Crippen molar-refractivity contribution in [2.24, 2.45) is 5.92 Å². The molecule has 2 N–H and O–H groups in total. The van der Waals surface area contributed by atoms with Crippen molar-refractivity contribution in [3.8, 4) is 10.6 Å². The summed E-state index contributed by atoms with van der Waals surface area (Å²) >= 11 is 1.26. The van der Waals surface area contributed by atoms with Gasteiger partial charge in [0.25, 0.3) is 5.91 Å². The van der Waals surface area contributed by atoms with Crippen LogP contribution in [0.5, 0.6) is 0 Å². The summed E-state index contributed by atoms with van der Waals surface area (Å²) in [4.78, 5) is 25.1. The van der Waals surface area contributed by atoms with Crippen LogP contribution in [0.1, 0.15) is 29.8 Å². The van der Waals surface area contributed by atoms with Crippen LogP contribution in [-0.2, 0) is 4.79 Å². The van der Waals surface area contributed by atoms with E-state index in [0.29, 0.717) is 10.1 Å². The number of rotatable bonds is 6.